The van der Waals surface area contributed by atoms with E-state index in [0.29, 0.717) is 0 Å². The van der Waals surface area contributed by atoms with Crippen LogP contribution in [0.4, 0.5) is 46.5 Å². The van der Waals surface area contributed by atoms with E-state index in [9.17, 15) is 45.3 Å². The van der Waals surface area contributed by atoms with Gasteiger partial charge in [-0.3, -0.25) is 0 Å². The zero-order valence-corrected chi connectivity index (χ0v) is 18.6. The predicted octanol–water partition coefficient (Wildman–Crippen LogP) is 7.38. The molecular weight excluding hydrogens is 524 g/mol. The highest BCUT2D eigenvalue weighted by atomic mass is 19.2. The van der Waals surface area contributed by atoms with E-state index in [1.54, 1.807) is 0 Å². The molecule has 0 heterocycles. The first-order chi connectivity index (χ1) is 18.0. The summed E-state index contributed by atoms with van der Waals surface area (Å²) in [6.07, 6.45) is 1.56. The fourth-order valence-electron chi connectivity index (χ4n) is 3.30. The average molecular weight is 536 g/mol. The van der Waals surface area contributed by atoms with Crippen molar-refractivity contribution in [1.29, 1.82) is 0 Å². The first kappa shape index (κ1) is 26.3. The molecule has 0 aliphatic heterocycles. The Hall–Kier alpha value is -4.74. The maximum Gasteiger partial charge on any atom is 0.188 e. The highest BCUT2D eigenvalue weighted by molar-refractivity contribution is 5.84. The number of nitrogens with zero attached hydrogens (tertiary/aromatic N) is 2. The second-order valence-electron chi connectivity index (χ2n) is 7.66. The summed E-state index contributed by atoms with van der Waals surface area (Å²) in [7, 11) is 0. The van der Waals surface area contributed by atoms with Crippen LogP contribution < -0.4 is 0 Å². The second kappa shape index (κ2) is 10.3. The number of aromatic hydroxyl groups is 2. The molecule has 0 atom stereocenters. The lowest BCUT2D eigenvalue weighted by Crippen LogP contribution is -2.07. The van der Waals surface area contributed by atoms with Crippen molar-refractivity contribution in [3.05, 3.63) is 106 Å². The highest BCUT2D eigenvalue weighted by Gasteiger charge is 2.34. The smallest absolute Gasteiger partial charge is 0.188 e. The Balaban J connectivity index is 1.82. The molecule has 0 aliphatic carbocycles. The van der Waals surface area contributed by atoms with E-state index >= 15 is 0 Å². The summed E-state index contributed by atoms with van der Waals surface area (Å²) in [5, 5.41) is 18.5. The Labute approximate surface area is 208 Å². The molecule has 4 rings (SSSR count). The van der Waals surface area contributed by atoms with Crippen LogP contribution in [0.15, 0.2) is 58.5 Å². The monoisotopic (exact) mass is 536 g/mol. The van der Waals surface area contributed by atoms with E-state index in [0.717, 1.165) is 12.4 Å². The molecule has 0 aromatic heterocycles. The maximum absolute atomic E-state index is 14.8. The van der Waals surface area contributed by atoms with Gasteiger partial charge in [-0.05, 0) is 59.7 Å². The number of rotatable bonds is 5. The van der Waals surface area contributed by atoms with Crippen LogP contribution in [0.5, 0.6) is 11.5 Å². The number of hydrogen-bond acceptors (Lipinski definition) is 4. The summed E-state index contributed by atoms with van der Waals surface area (Å²) in [6.45, 7) is 0. The number of benzene rings is 4. The lowest BCUT2D eigenvalue weighted by Gasteiger charge is -2.13. The second-order valence-corrected chi connectivity index (χ2v) is 7.66. The zero-order chi connectivity index (χ0) is 27.7. The van der Waals surface area contributed by atoms with E-state index in [1.807, 2.05) is 0 Å². The van der Waals surface area contributed by atoms with Gasteiger partial charge in [0.05, 0.1) is 11.1 Å². The predicted molar refractivity (Wildman–Crippen MR) is 122 cm³/mol. The number of phenolic OH excluding ortho intramolecular Hbond substituents is 2. The summed E-state index contributed by atoms with van der Waals surface area (Å²) >= 11 is 0. The first-order valence-corrected chi connectivity index (χ1v) is 10.4. The van der Waals surface area contributed by atoms with Crippen molar-refractivity contribution in [3.8, 4) is 22.6 Å². The van der Waals surface area contributed by atoms with Gasteiger partial charge in [-0.2, -0.15) is 0 Å². The molecule has 194 valence electrons. The van der Waals surface area contributed by atoms with Crippen molar-refractivity contribution >= 4 is 23.8 Å². The van der Waals surface area contributed by atoms with Crippen LogP contribution in [0.1, 0.15) is 11.1 Å². The van der Waals surface area contributed by atoms with E-state index in [-0.39, 0.29) is 22.6 Å². The van der Waals surface area contributed by atoms with E-state index < -0.39 is 69.0 Å². The van der Waals surface area contributed by atoms with Crippen molar-refractivity contribution in [3.63, 3.8) is 0 Å². The van der Waals surface area contributed by atoms with Crippen molar-refractivity contribution in [2.24, 2.45) is 9.98 Å². The molecule has 0 saturated heterocycles. The van der Waals surface area contributed by atoms with Crippen molar-refractivity contribution in [2.45, 2.75) is 0 Å². The van der Waals surface area contributed by atoms with Crippen molar-refractivity contribution < 1.29 is 45.3 Å². The third-order valence-corrected chi connectivity index (χ3v) is 5.20. The van der Waals surface area contributed by atoms with Crippen molar-refractivity contribution in [1.82, 2.24) is 0 Å². The molecule has 0 aliphatic rings. The van der Waals surface area contributed by atoms with Crippen molar-refractivity contribution in [2.75, 3.05) is 0 Å². The summed E-state index contributed by atoms with van der Waals surface area (Å²) < 4.78 is 118. The van der Waals surface area contributed by atoms with Gasteiger partial charge in [-0.1, -0.05) is 0 Å². The molecule has 4 nitrogen and oxygen atoms in total. The molecule has 0 radical (unpaired) electrons. The van der Waals surface area contributed by atoms with Crippen LogP contribution in [-0.2, 0) is 0 Å². The largest absolute Gasteiger partial charge is 0.508 e. The minimum atomic E-state index is -2.36. The standard InChI is InChI=1S/C26H12F8N2O2/c27-17-15(18(28)22(32)25(21(17)31)35-9-11-1-5-13(37)6-2-11)16-19(29)23(33)26(24(34)20(16)30)36-10-12-3-7-14(38)8-4-12/h1-10,37-38H. The Morgan fingerprint density at radius 2 is 0.684 bits per heavy atom. The molecule has 0 spiro atoms. The van der Waals surface area contributed by atoms with Gasteiger partial charge < -0.3 is 10.2 Å². The Morgan fingerprint density at radius 3 is 0.947 bits per heavy atom. The van der Waals surface area contributed by atoms with E-state index in [1.165, 1.54) is 48.5 Å². The lowest BCUT2D eigenvalue weighted by molar-refractivity contribution is 0.445. The Morgan fingerprint density at radius 1 is 0.421 bits per heavy atom. The Kier molecular flexibility index (Phi) is 7.15. The van der Waals surface area contributed by atoms with Crippen LogP contribution in [0.25, 0.3) is 11.1 Å². The SMILES string of the molecule is Oc1ccc(C=Nc2c(F)c(F)c(-c3c(F)c(F)c(N=Cc4ccc(O)cc4)c(F)c3F)c(F)c2F)cc1. The molecule has 38 heavy (non-hydrogen) atoms. The number of phenols is 2. The van der Waals surface area contributed by atoms with Gasteiger partial charge in [-0.25, -0.2) is 45.1 Å². The van der Waals surface area contributed by atoms with Gasteiger partial charge in [0, 0.05) is 12.4 Å². The fourth-order valence-corrected chi connectivity index (χ4v) is 3.30. The molecule has 4 aromatic rings. The third-order valence-electron chi connectivity index (χ3n) is 5.20. The van der Waals surface area contributed by atoms with Crippen LogP contribution in [0.3, 0.4) is 0 Å². The van der Waals surface area contributed by atoms with Crippen LogP contribution in [0, 0.1) is 46.5 Å². The molecule has 0 fully saturated rings. The van der Waals surface area contributed by atoms with Crippen LogP contribution in [0.2, 0.25) is 0 Å². The lowest BCUT2D eigenvalue weighted by atomic mass is 10.00. The number of hydrogen-bond donors (Lipinski definition) is 2. The summed E-state index contributed by atoms with van der Waals surface area (Å²) in [6, 6.07) is 9.73. The van der Waals surface area contributed by atoms with E-state index in [2.05, 4.69) is 9.98 Å². The molecule has 0 saturated carbocycles. The molecule has 0 amide bonds. The summed E-state index contributed by atoms with van der Waals surface area (Å²) in [4.78, 5) is 6.61. The highest BCUT2D eigenvalue weighted by Crippen LogP contribution is 2.41. The van der Waals surface area contributed by atoms with E-state index in [4.69, 9.17) is 0 Å². The average Bonchev–Trinajstić information content (AvgIpc) is 2.90. The normalized spacial score (nSPS) is 11.7. The molecule has 12 heteroatoms. The van der Waals surface area contributed by atoms with Crippen LogP contribution >= 0.6 is 0 Å². The van der Waals surface area contributed by atoms with Gasteiger partial charge in [0.15, 0.2) is 46.5 Å². The minimum absolute atomic E-state index is 0.149. The Bertz CT molecular complexity index is 1420. The number of aliphatic imine (C=N–C) groups is 2. The van der Waals surface area contributed by atoms with Gasteiger partial charge in [-0.15, -0.1) is 0 Å². The quantitative estimate of drug-likeness (QED) is 0.159. The number of halogens is 8. The van der Waals surface area contributed by atoms with Gasteiger partial charge >= 0.3 is 0 Å². The third kappa shape index (κ3) is 4.80. The maximum atomic E-state index is 14.8. The minimum Gasteiger partial charge on any atom is -0.508 e. The summed E-state index contributed by atoms with van der Waals surface area (Å²) in [5.74, 6) is -18.5. The molecule has 0 unspecified atom stereocenters. The van der Waals surface area contributed by atoms with Crippen LogP contribution in [-0.4, -0.2) is 22.6 Å². The topological polar surface area (TPSA) is 65.2 Å². The molecule has 2 N–H and O–H groups in total. The van der Waals surface area contributed by atoms with Gasteiger partial charge in [0.2, 0.25) is 0 Å². The molecule has 4 aromatic carbocycles. The molecular formula is C26H12F8N2O2. The van der Waals surface area contributed by atoms with Gasteiger partial charge in [0.25, 0.3) is 0 Å². The zero-order valence-electron chi connectivity index (χ0n) is 18.6. The molecule has 0 bridgehead atoms. The van der Waals surface area contributed by atoms with Gasteiger partial charge in [0.1, 0.15) is 22.9 Å². The first-order valence-electron chi connectivity index (χ1n) is 10.4. The summed E-state index contributed by atoms with van der Waals surface area (Å²) in [5.41, 5.74) is -6.81. The fraction of sp³-hybridized carbons (Fsp3) is 0.